The van der Waals surface area contributed by atoms with Gasteiger partial charge in [-0.15, -0.1) is 0 Å². The fourth-order valence-corrected chi connectivity index (χ4v) is 3.83. The molecule has 1 atom stereocenters. The van der Waals surface area contributed by atoms with E-state index in [-0.39, 0.29) is 31.1 Å². The number of para-hydroxylation sites is 1. The average molecular weight is 469 g/mol. The summed E-state index contributed by atoms with van der Waals surface area (Å²) in [6, 6.07) is 14.5. The van der Waals surface area contributed by atoms with E-state index < -0.39 is 0 Å². The van der Waals surface area contributed by atoms with Crippen LogP contribution < -0.4 is 14.8 Å². The van der Waals surface area contributed by atoms with Crippen LogP contribution in [0.15, 0.2) is 53.6 Å². The van der Waals surface area contributed by atoms with Gasteiger partial charge in [0, 0.05) is 32.2 Å². The molecule has 0 fully saturated rings. The quantitative estimate of drug-likeness (QED) is 0.579. The third kappa shape index (κ3) is 5.85. The number of hydrogen-bond acceptors (Lipinski definition) is 6. The van der Waals surface area contributed by atoms with Crippen LogP contribution in [0.3, 0.4) is 0 Å². The Morgan fingerprint density at radius 1 is 1.09 bits per heavy atom. The van der Waals surface area contributed by atoms with Crippen molar-refractivity contribution in [3.63, 3.8) is 0 Å². The normalized spacial score (nSPS) is 15.0. The lowest BCUT2D eigenvalue weighted by Crippen LogP contribution is -2.47. The highest BCUT2D eigenvalue weighted by molar-refractivity contribution is 6.03. The molecule has 0 radical (unpaired) electrons. The molecule has 2 aromatic rings. The number of benzene rings is 2. The van der Waals surface area contributed by atoms with Gasteiger partial charge in [-0.3, -0.25) is 4.79 Å². The Labute approximate surface area is 200 Å². The van der Waals surface area contributed by atoms with Crippen LogP contribution in [0.1, 0.15) is 30.5 Å². The predicted molar refractivity (Wildman–Crippen MR) is 129 cm³/mol. The highest BCUT2D eigenvalue weighted by Gasteiger charge is 2.35. The van der Waals surface area contributed by atoms with E-state index in [4.69, 9.17) is 19.3 Å². The summed E-state index contributed by atoms with van der Waals surface area (Å²) in [5.74, 6) is 1.13. The number of methoxy groups -OCH3 is 3. The van der Waals surface area contributed by atoms with Gasteiger partial charge in [-0.25, -0.2) is 9.80 Å². The number of carbonyl (C=O) groups excluding carboxylic acids is 2. The van der Waals surface area contributed by atoms with Crippen LogP contribution in [0.2, 0.25) is 0 Å². The number of nitrogens with zero attached hydrogens (tertiary/aromatic N) is 3. The molecule has 1 aliphatic heterocycles. The lowest BCUT2D eigenvalue weighted by atomic mass is 9.97. The summed E-state index contributed by atoms with van der Waals surface area (Å²) < 4.78 is 15.9. The average Bonchev–Trinajstić information content (AvgIpc) is 3.32. The van der Waals surface area contributed by atoms with Gasteiger partial charge >= 0.3 is 6.03 Å². The van der Waals surface area contributed by atoms with Gasteiger partial charge in [0.15, 0.2) is 0 Å². The molecule has 0 aromatic heterocycles. The van der Waals surface area contributed by atoms with Gasteiger partial charge in [-0.05, 0) is 42.8 Å². The van der Waals surface area contributed by atoms with Crippen molar-refractivity contribution < 1.29 is 23.8 Å². The van der Waals surface area contributed by atoms with E-state index in [0.717, 1.165) is 22.6 Å². The van der Waals surface area contributed by atoms with E-state index in [1.54, 1.807) is 21.3 Å². The van der Waals surface area contributed by atoms with Crippen molar-refractivity contribution in [2.24, 2.45) is 5.10 Å². The maximum Gasteiger partial charge on any atom is 0.317 e. The van der Waals surface area contributed by atoms with Crippen molar-refractivity contribution in [3.8, 4) is 11.5 Å². The van der Waals surface area contributed by atoms with E-state index in [2.05, 4.69) is 5.32 Å². The Bertz CT molecular complexity index is 1010. The number of urea groups is 1. The minimum Gasteiger partial charge on any atom is -0.497 e. The van der Waals surface area contributed by atoms with Crippen LogP contribution in [-0.4, -0.2) is 75.1 Å². The maximum atomic E-state index is 13.5. The number of hydrazone groups is 1. The summed E-state index contributed by atoms with van der Waals surface area (Å²) in [7, 11) is 4.78. The molecular weight excluding hydrogens is 436 g/mol. The first-order valence-electron chi connectivity index (χ1n) is 11.2. The third-order valence-electron chi connectivity index (χ3n) is 5.59. The second-order valence-electron chi connectivity index (χ2n) is 7.73. The number of rotatable bonds is 10. The van der Waals surface area contributed by atoms with Crippen molar-refractivity contribution in [1.82, 2.24) is 15.2 Å². The molecule has 34 heavy (non-hydrogen) atoms. The maximum absolute atomic E-state index is 13.5. The van der Waals surface area contributed by atoms with Crippen LogP contribution in [-0.2, 0) is 9.53 Å². The topological polar surface area (TPSA) is 92.7 Å². The number of nitrogens with one attached hydrogen (secondary N) is 1. The van der Waals surface area contributed by atoms with Crippen molar-refractivity contribution >= 4 is 17.6 Å². The molecule has 0 unspecified atom stereocenters. The number of amides is 3. The lowest BCUT2D eigenvalue weighted by molar-refractivity contribution is -0.133. The van der Waals surface area contributed by atoms with Gasteiger partial charge in [-0.1, -0.05) is 18.2 Å². The molecular formula is C25H32N4O5. The van der Waals surface area contributed by atoms with Crippen LogP contribution in [0.4, 0.5) is 4.79 Å². The Morgan fingerprint density at radius 2 is 1.82 bits per heavy atom. The zero-order valence-corrected chi connectivity index (χ0v) is 20.1. The van der Waals surface area contributed by atoms with Crippen LogP contribution >= 0.6 is 0 Å². The van der Waals surface area contributed by atoms with Crippen molar-refractivity contribution in [2.45, 2.75) is 19.4 Å². The predicted octanol–water partition coefficient (Wildman–Crippen LogP) is 3.06. The van der Waals surface area contributed by atoms with Crippen molar-refractivity contribution in [2.75, 3.05) is 47.6 Å². The standard InChI is InChI=1S/C25H32N4O5/c1-5-26-25(31)28(14-15-32-2)17-24(30)29-22(20-8-6-7-9-23(20)34-4)16-21(27-29)18-10-12-19(33-3)13-11-18/h6-13,22H,5,14-17H2,1-4H3,(H,26,31)/t22-/m1/s1. The first-order chi connectivity index (χ1) is 16.5. The Kier molecular flexibility index (Phi) is 8.86. The molecule has 182 valence electrons. The smallest absolute Gasteiger partial charge is 0.317 e. The summed E-state index contributed by atoms with van der Waals surface area (Å²) in [5.41, 5.74) is 2.52. The Balaban J connectivity index is 1.92. The molecule has 1 aliphatic rings. The van der Waals surface area contributed by atoms with Gasteiger partial charge < -0.3 is 24.4 Å². The van der Waals surface area contributed by atoms with Gasteiger partial charge in [-0.2, -0.15) is 5.10 Å². The van der Waals surface area contributed by atoms with Crippen molar-refractivity contribution in [1.29, 1.82) is 0 Å². The van der Waals surface area contributed by atoms with Crippen LogP contribution in [0, 0.1) is 0 Å². The summed E-state index contributed by atoms with van der Waals surface area (Å²) in [5, 5.41) is 8.92. The minimum atomic E-state index is -0.362. The van der Waals surface area contributed by atoms with Crippen LogP contribution in [0.5, 0.6) is 11.5 Å². The van der Waals surface area contributed by atoms with E-state index in [1.807, 2.05) is 55.5 Å². The zero-order valence-electron chi connectivity index (χ0n) is 20.1. The van der Waals surface area contributed by atoms with Gasteiger partial charge in [0.25, 0.3) is 5.91 Å². The lowest BCUT2D eigenvalue weighted by Gasteiger charge is -2.27. The van der Waals surface area contributed by atoms with Crippen LogP contribution in [0.25, 0.3) is 0 Å². The monoisotopic (exact) mass is 468 g/mol. The largest absolute Gasteiger partial charge is 0.497 e. The molecule has 2 aromatic carbocycles. The summed E-state index contributed by atoms with van der Waals surface area (Å²) in [4.78, 5) is 27.4. The van der Waals surface area contributed by atoms with Crippen molar-refractivity contribution in [3.05, 3.63) is 59.7 Å². The Hall–Kier alpha value is -3.59. The molecule has 0 spiro atoms. The first-order valence-corrected chi connectivity index (χ1v) is 11.2. The van der Waals surface area contributed by atoms with E-state index in [1.165, 1.54) is 9.91 Å². The molecule has 1 N–H and O–H groups in total. The second-order valence-corrected chi connectivity index (χ2v) is 7.73. The molecule has 0 aliphatic carbocycles. The summed E-state index contributed by atoms with van der Waals surface area (Å²) in [6.45, 7) is 2.78. The summed E-state index contributed by atoms with van der Waals surface area (Å²) >= 11 is 0. The molecule has 3 rings (SSSR count). The zero-order chi connectivity index (χ0) is 24.5. The highest BCUT2D eigenvalue weighted by Crippen LogP contribution is 2.37. The minimum absolute atomic E-state index is 0.125. The highest BCUT2D eigenvalue weighted by atomic mass is 16.5. The first kappa shape index (κ1) is 25.0. The molecule has 0 bridgehead atoms. The van der Waals surface area contributed by atoms with Gasteiger partial charge in [0.05, 0.1) is 32.6 Å². The fraction of sp³-hybridized carbons (Fsp3) is 0.400. The Morgan fingerprint density at radius 3 is 2.47 bits per heavy atom. The summed E-state index contributed by atoms with van der Waals surface area (Å²) in [6.07, 6.45) is 0.512. The molecule has 0 saturated heterocycles. The van der Waals surface area contributed by atoms with E-state index in [0.29, 0.717) is 25.3 Å². The molecule has 3 amide bonds. The fourth-order valence-electron chi connectivity index (χ4n) is 3.83. The van der Waals surface area contributed by atoms with E-state index >= 15 is 0 Å². The van der Waals surface area contributed by atoms with Gasteiger partial charge in [0.1, 0.15) is 18.0 Å². The second kappa shape index (κ2) is 12.0. The number of carbonyl (C=O) groups is 2. The third-order valence-corrected chi connectivity index (χ3v) is 5.59. The van der Waals surface area contributed by atoms with E-state index in [9.17, 15) is 9.59 Å². The molecule has 0 saturated carbocycles. The molecule has 9 nitrogen and oxygen atoms in total. The van der Waals surface area contributed by atoms with Gasteiger partial charge in [0.2, 0.25) is 0 Å². The molecule has 1 heterocycles. The molecule has 9 heteroatoms. The number of hydrogen-bond donors (Lipinski definition) is 1. The SMILES string of the molecule is CCNC(=O)N(CCOC)CC(=O)N1N=C(c2ccc(OC)cc2)C[C@@H]1c1ccccc1OC. The number of ether oxygens (including phenoxy) is 3.